The van der Waals surface area contributed by atoms with E-state index in [1.807, 2.05) is 18.2 Å². The third kappa shape index (κ3) is 17.7. The summed E-state index contributed by atoms with van der Waals surface area (Å²) in [4.78, 5) is 0. The van der Waals surface area contributed by atoms with Gasteiger partial charge in [0.1, 0.15) is 5.60 Å². The lowest BCUT2D eigenvalue weighted by Gasteiger charge is -2.41. The van der Waals surface area contributed by atoms with Crippen molar-refractivity contribution in [1.29, 1.82) is 0 Å². The van der Waals surface area contributed by atoms with Gasteiger partial charge in [-0.1, -0.05) is 192 Å². The zero-order chi connectivity index (χ0) is 28.4. The highest BCUT2D eigenvalue weighted by Gasteiger charge is 2.42. The minimum atomic E-state index is -1.01. The molecule has 4 unspecified atom stereocenters. The van der Waals surface area contributed by atoms with E-state index in [0.717, 1.165) is 25.7 Å². The van der Waals surface area contributed by atoms with Crippen LogP contribution in [0, 0.1) is 5.92 Å². The molecule has 0 heterocycles. The molecule has 1 aliphatic carbocycles. The summed E-state index contributed by atoms with van der Waals surface area (Å²) in [5.41, 5.74) is 12.3. The van der Waals surface area contributed by atoms with Crippen LogP contribution in [0.15, 0.2) is 24.3 Å². The van der Waals surface area contributed by atoms with Gasteiger partial charge in [0, 0.05) is 18.0 Å². The SMILES string of the molecule is CCCCCCCCCCCCCCC(N)C1C=CC=CC1(O)C(N)CCCCCCCCCCCCCC. The van der Waals surface area contributed by atoms with Crippen LogP contribution in [0.2, 0.25) is 0 Å². The van der Waals surface area contributed by atoms with E-state index in [2.05, 4.69) is 19.9 Å². The van der Waals surface area contributed by atoms with E-state index < -0.39 is 5.60 Å². The number of hydrogen-bond acceptors (Lipinski definition) is 3. The van der Waals surface area contributed by atoms with Crippen LogP contribution in [-0.2, 0) is 0 Å². The molecule has 3 heteroatoms. The number of aliphatic hydroxyl groups is 1. The molecule has 0 saturated carbocycles. The summed E-state index contributed by atoms with van der Waals surface area (Å²) >= 11 is 0. The Morgan fingerprint density at radius 3 is 1.31 bits per heavy atom. The standard InChI is InChI=1S/C36H70N2O/c1-3-5-7-9-11-13-15-17-19-21-23-25-30-34(37)33-29-27-28-32-36(33,39)35(38)31-26-24-22-20-18-16-14-12-10-8-6-4-2/h27-29,32-35,39H,3-26,30-31,37-38H2,1-2H3. The maximum absolute atomic E-state index is 11.6. The predicted octanol–water partition coefficient (Wildman–Crippen LogP) is 10.3. The quantitative estimate of drug-likeness (QED) is 0.0854. The van der Waals surface area contributed by atoms with Crippen LogP contribution < -0.4 is 11.5 Å². The van der Waals surface area contributed by atoms with Crippen molar-refractivity contribution in [3.63, 3.8) is 0 Å². The first-order chi connectivity index (χ1) is 19.1. The van der Waals surface area contributed by atoms with Crippen LogP contribution in [0.5, 0.6) is 0 Å². The van der Waals surface area contributed by atoms with Crippen molar-refractivity contribution in [2.75, 3.05) is 0 Å². The van der Waals surface area contributed by atoms with Gasteiger partial charge in [-0.3, -0.25) is 0 Å². The zero-order valence-corrected chi connectivity index (χ0v) is 26.5. The summed E-state index contributed by atoms with van der Waals surface area (Å²) in [5.74, 6) is -0.0810. The van der Waals surface area contributed by atoms with Crippen molar-refractivity contribution >= 4 is 0 Å². The lowest BCUT2D eigenvalue weighted by Crippen LogP contribution is -2.57. The Kier molecular flexibility index (Phi) is 23.4. The van der Waals surface area contributed by atoms with Crippen LogP contribution in [0.3, 0.4) is 0 Å². The van der Waals surface area contributed by atoms with Gasteiger partial charge in [0.2, 0.25) is 0 Å². The highest BCUT2D eigenvalue weighted by Crippen LogP contribution is 2.33. The van der Waals surface area contributed by atoms with Gasteiger partial charge >= 0.3 is 0 Å². The van der Waals surface area contributed by atoms with Crippen LogP contribution >= 0.6 is 0 Å². The molecule has 5 N–H and O–H groups in total. The monoisotopic (exact) mass is 547 g/mol. The summed E-state index contributed by atoms with van der Waals surface area (Å²) in [6, 6.07) is -0.285. The van der Waals surface area contributed by atoms with Crippen LogP contribution in [0.25, 0.3) is 0 Å². The van der Waals surface area contributed by atoms with Crippen molar-refractivity contribution in [1.82, 2.24) is 0 Å². The molecule has 0 bridgehead atoms. The molecule has 0 aromatic rings. The van der Waals surface area contributed by atoms with Gasteiger partial charge in [-0.15, -0.1) is 0 Å². The molecule has 0 radical (unpaired) electrons. The Bertz CT molecular complexity index is 589. The van der Waals surface area contributed by atoms with Crippen molar-refractivity contribution in [2.24, 2.45) is 17.4 Å². The van der Waals surface area contributed by atoms with Crippen molar-refractivity contribution in [3.8, 4) is 0 Å². The van der Waals surface area contributed by atoms with E-state index in [1.54, 1.807) is 0 Å². The minimum Gasteiger partial charge on any atom is -0.383 e. The maximum atomic E-state index is 11.6. The number of allylic oxidation sites excluding steroid dienone is 2. The van der Waals surface area contributed by atoms with Crippen LogP contribution in [0.1, 0.15) is 181 Å². The lowest BCUT2D eigenvalue weighted by atomic mass is 9.72. The zero-order valence-electron chi connectivity index (χ0n) is 26.5. The van der Waals surface area contributed by atoms with Gasteiger partial charge in [0.15, 0.2) is 0 Å². The molecule has 1 rings (SSSR count). The maximum Gasteiger partial charge on any atom is 0.106 e. The van der Waals surface area contributed by atoms with Gasteiger partial charge in [-0.05, 0) is 12.8 Å². The molecular weight excluding hydrogens is 476 g/mol. The molecule has 0 aliphatic heterocycles. The summed E-state index contributed by atoms with van der Waals surface area (Å²) in [6.07, 6.45) is 42.2. The number of rotatable bonds is 28. The molecule has 0 saturated heterocycles. The second-order valence-corrected chi connectivity index (χ2v) is 12.8. The van der Waals surface area contributed by atoms with E-state index in [0.29, 0.717) is 0 Å². The molecule has 0 fully saturated rings. The first-order valence-corrected chi connectivity index (χ1v) is 17.7. The largest absolute Gasteiger partial charge is 0.383 e. The molecule has 39 heavy (non-hydrogen) atoms. The number of unbranched alkanes of at least 4 members (excludes halogenated alkanes) is 22. The van der Waals surface area contributed by atoms with E-state index in [9.17, 15) is 5.11 Å². The first-order valence-electron chi connectivity index (χ1n) is 17.7. The smallest absolute Gasteiger partial charge is 0.106 e. The lowest BCUT2D eigenvalue weighted by molar-refractivity contribution is 0.00695. The summed E-state index contributed by atoms with van der Waals surface area (Å²) in [5, 5.41) is 11.6. The molecule has 0 aromatic carbocycles. The topological polar surface area (TPSA) is 72.3 Å². The van der Waals surface area contributed by atoms with Crippen molar-refractivity contribution in [3.05, 3.63) is 24.3 Å². The highest BCUT2D eigenvalue weighted by molar-refractivity contribution is 5.25. The third-order valence-corrected chi connectivity index (χ3v) is 9.14. The molecular formula is C36H70N2O. The fraction of sp³-hybridized carbons (Fsp3) is 0.889. The van der Waals surface area contributed by atoms with Gasteiger partial charge in [0.05, 0.1) is 0 Å². The Morgan fingerprint density at radius 2 is 0.897 bits per heavy atom. The van der Waals surface area contributed by atoms with Gasteiger partial charge in [-0.25, -0.2) is 0 Å². The molecule has 1 aliphatic rings. The summed E-state index contributed by atoms with van der Waals surface area (Å²) < 4.78 is 0. The third-order valence-electron chi connectivity index (χ3n) is 9.14. The van der Waals surface area contributed by atoms with Crippen molar-refractivity contribution < 1.29 is 5.11 Å². The minimum absolute atomic E-state index is 0.0349. The summed E-state index contributed by atoms with van der Waals surface area (Å²) in [6.45, 7) is 4.57. The Morgan fingerprint density at radius 1 is 0.538 bits per heavy atom. The summed E-state index contributed by atoms with van der Waals surface area (Å²) in [7, 11) is 0. The van der Waals surface area contributed by atoms with Gasteiger partial charge in [-0.2, -0.15) is 0 Å². The molecule has 0 aromatic heterocycles. The second kappa shape index (κ2) is 25.1. The average molecular weight is 547 g/mol. The average Bonchev–Trinajstić information content (AvgIpc) is 2.94. The molecule has 230 valence electrons. The molecule has 3 nitrogen and oxygen atoms in total. The highest BCUT2D eigenvalue weighted by atomic mass is 16.3. The second-order valence-electron chi connectivity index (χ2n) is 12.8. The number of hydrogen-bond donors (Lipinski definition) is 3. The molecule has 4 atom stereocenters. The van der Waals surface area contributed by atoms with Gasteiger partial charge < -0.3 is 16.6 Å². The fourth-order valence-corrected chi connectivity index (χ4v) is 6.35. The Labute approximate surface area is 245 Å². The van der Waals surface area contributed by atoms with Gasteiger partial charge in [0.25, 0.3) is 0 Å². The van der Waals surface area contributed by atoms with E-state index in [1.165, 1.54) is 141 Å². The van der Waals surface area contributed by atoms with Crippen LogP contribution in [-0.4, -0.2) is 22.8 Å². The first kappa shape index (κ1) is 36.4. The molecule has 0 amide bonds. The number of nitrogens with two attached hydrogens (primary N) is 2. The van der Waals surface area contributed by atoms with E-state index in [-0.39, 0.29) is 18.0 Å². The fourth-order valence-electron chi connectivity index (χ4n) is 6.35. The van der Waals surface area contributed by atoms with Crippen molar-refractivity contribution in [2.45, 2.75) is 198 Å². The Hall–Kier alpha value is -0.640. The normalized spacial score (nSPS) is 20.5. The van der Waals surface area contributed by atoms with Crippen LogP contribution in [0.4, 0.5) is 0 Å². The van der Waals surface area contributed by atoms with E-state index in [4.69, 9.17) is 11.5 Å². The Balaban J connectivity index is 2.14. The predicted molar refractivity (Wildman–Crippen MR) is 174 cm³/mol. The van der Waals surface area contributed by atoms with E-state index >= 15 is 0 Å². The molecule has 0 spiro atoms.